The minimum absolute atomic E-state index is 0.116. The number of alkyl halides is 1. The highest BCUT2D eigenvalue weighted by molar-refractivity contribution is 9.09. The van der Waals surface area contributed by atoms with Crippen molar-refractivity contribution in [3.63, 3.8) is 0 Å². The molecule has 0 aromatic heterocycles. The molecule has 1 aliphatic heterocycles. The van der Waals surface area contributed by atoms with Crippen LogP contribution >= 0.6 is 15.9 Å². The van der Waals surface area contributed by atoms with Crippen LogP contribution in [0.25, 0.3) is 0 Å². The van der Waals surface area contributed by atoms with Crippen LogP contribution in [0.2, 0.25) is 0 Å². The summed E-state index contributed by atoms with van der Waals surface area (Å²) in [6.07, 6.45) is 1.19. The minimum atomic E-state index is -0.374. The van der Waals surface area contributed by atoms with E-state index in [-0.39, 0.29) is 16.5 Å². The maximum atomic E-state index is 9.02. The fraction of sp³-hybridized carbons (Fsp3) is 0.889. The normalized spacial score (nSPS) is 47.4. The van der Waals surface area contributed by atoms with Gasteiger partial charge in [-0.15, -0.1) is 0 Å². The average molecular weight is 232 g/mol. The maximum absolute atomic E-state index is 9.02. The third-order valence-electron chi connectivity index (χ3n) is 2.91. The Kier molecular flexibility index (Phi) is 2.80. The quantitative estimate of drug-likeness (QED) is 0.651. The van der Waals surface area contributed by atoms with Gasteiger partial charge < -0.3 is 4.74 Å². The summed E-state index contributed by atoms with van der Waals surface area (Å²) in [5.74, 6) is 0.303. The minimum Gasteiger partial charge on any atom is -0.362 e. The molecule has 4 atom stereocenters. The molecule has 0 aliphatic carbocycles. The van der Waals surface area contributed by atoms with Crippen molar-refractivity contribution in [1.82, 2.24) is 0 Å². The second kappa shape index (κ2) is 3.35. The fourth-order valence-corrected chi connectivity index (χ4v) is 2.40. The number of nitrogens with zero attached hydrogens (tertiary/aromatic N) is 1. The van der Waals surface area contributed by atoms with Crippen molar-refractivity contribution in [2.45, 2.75) is 38.3 Å². The molecule has 12 heavy (non-hydrogen) atoms. The summed E-state index contributed by atoms with van der Waals surface area (Å²) >= 11 is 3.40. The Bertz CT molecular complexity index is 213. The Morgan fingerprint density at radius 1 is 1.67 bits per heavy atom. The predicted octanol–water partition coefficient (Wildman–Crippen LogP) is 2.68. The van der Waals surface area contributed by atoms with Crippen molar-refractivity contribution in [3.8, 4) is 6.07 Å². The molecule has 1 heterocycles. The number of ether oxygens (including phenoxy) is 1. The van der Waals surface area contributed by atoms with Crippen LogP contribution < -0.4 is 0 Å². The van der Waals surface area contributed by atoms with Gasteiger partial charge in [0.05, 0.1) is 17.6 Å². The molecule has 0 aromatic rings. The first-order chi connectivity index (χ1) is 5.56. The predicted molar refractivity (Wildman–Crippen MR) is 50.8 cm³/mol. The standard InChI is InChI=1S/C9H14BrNO/c1-4-7-6(2)9(3,5-11)8(10)12-7/h6-8H,4H2,1-3H3/t6-,7-,8+,9-/m1/s1. The van der Waals surface area contributed by atoms with Crippen molar-refractivity contribution in [2.24, 2.45) is 11.3 Å². The molecule has 0 aromatic carbocycles. The van der Waals surface area contributed by atoms with Crippen molar-refractivity contribution in [3.05, 3.63) is 0 Å². The lowest BCUT2D eigenvalue weighted by Crippen LogP contribution is -2.27. The van der Waals surface area contributed by atoms with Crippen molar-refractivity contribution < 1.29 is 4.74 Å². The van der Waals surface area contributed by atoms with E-state index in [1.54, 1.807) is 0 Å². The summed E-state index contributed by atoms with van der Waals surface area (Å²) in [6.45, 7) is 6.12. The van der Waals surface area contributed by atoms with Crippen molar-refractivity contribution >= 4 is 15.9 Å². The van der Waals surface area contributed by atoms with Crippen LogP contribution in [0.15, 0.2) is 0 Å². The summed E-state index contributed by atoms with van der Waals surface area (Å²) in [4.78, 5) is 0. The smallest absolute Gasteiger partial charge is 0.131 e. The van der Waals surface area contributed by atoms with Crippen LogP contribution in [0.5, 0.6) is 0 Å². The summed E-state index contributed by atoms with van der Waals surface area (Å²) in [5.41, 5.74) is -0.374. The monoisotopic (exact) mass is 231 g/mol. The summed E-state index contributed by atoms with van der Waals surface area (Å²) in [5, 5.41) is 8.90. The molecule has 1 saturated heterocycles. The lowest BCUT2D eigenvalue weighted by atomic mass is 9.79. The van der Waals surface area contributed by atoms with Crippen LogP contribution in [-0.2, 0) is 4.74 Å². The molecule has 0 N–H and O–H groups in total. The van der Waals surface area contributed by atoms with Crippen LogP contribution in [0.4, 0.5) is 0 Å². The van der Waals surface area contributed by atoms with E-state index in [0.29, 0.717) is 5.92 Å². The number of hydrogen-bond donors (Lipinski definition) is 0. The Morgan fingerprint density at radius 3 is 2.50 bits per heavy atom. The summed E-state index contributed by atoms with van der Waals surface area (Å²) in [7, 11) is 0. The van der Waals surface area contributed by atoms with Gasteiger partial charge >= 0.3 is 0 Å². The van der Waals surface area contributed by atoms with E-state index in [9.17, 15) is 0 Å². The molecule has 0 saturated carbocycles. The number of hydrogen-bond acceptors (Lipinski definition) is 2. The average Bonchev–Trinajstić information content (AvgIpc) is 2.30. The third kappa shape index (κ3) is 1.27. The zero-order valence-electron chi connectivity index (χ0n) is 7.67. The molecular formula is C9H14BrNO. The van der Waals surface area contributed by atoms with Crippen LogP contribution in [0, 0.1) is 22.7 Å². The molecule has 68 valence electrons. The topological polar surface area (TPSA) is 33.0 Å². The van der Waals surface area contributed by atoms with Gasteiger partial charge in [0, 0.05) is 5.92 Å². The van der Waals surface area contributed by atoms with E-state index in [2.05, 4.69) is 35.8 Å². The van der Waals surface area contributed by atoms with Gasteiger partial charge in [0.15, 0.2) is 0 Å². The summed E-state index contributed by atoms with van der Waals surface area (Å²) in [6, 6.07) is 2.33. The zero-order valence-corrected chi connectivity index (χ0v) is 9.26. The zero-order chi connectivity index (χ0) is 9.35. The Morgan fingerprint density at radius 2 is 2.25 bits per heavy atom. The maximum Gasteiger partial charge on any atom is 0.131 e. The molecule has 1 aliphatic rings. The molecule has 2 nitrogen and oxygen atoms in total. The number of nitriles is 1. The molecule has 0 unspecified atom stereocenters. The lowest BCUT2D eigenvalue weighted by molar-refractivity contribution is 0.0748. The van der Waals surface area contributed by atoms with Crippen LogP contribution in [-0.4, -0.2) is 11.1 Å². The molecule has 3 heteroatoms. The molecule has 0 radical (unpaired) electrons. The van der Waals surface area contributed by atoms with Gasteiger partial charge in [-0.3, -0.25) is 0 Å². The fourth-order valence-electron chi connectivity index (χ4n) is 1.61. The molecular weight excluding hydrogens is 218 g/mol. The van der Waals surface area contributed by atoms with E-state index < -0.39 is 0 Å². The second-order valence-electron chi connectivity index (χ2n) is 3.58. The summed E-state index contributed by atoms with van der Waals surface area (Å²) < 4.78 is 5.62. The van der Waals surface area contributed by atoms with Gasteiger partial charge in [0.2, 0.25) is 0 Å². The molecule has 0 spiro atoms. The first-order valence-corrected chi connectivity index (χ1v) is 5.18. The van der Waals surface area contributed by atoms with E-state index in [0.717, 1.165) is 6.42 Å². The van der Waals surface area contributed by atoms with Crippen LogP contribution in [0.1, 0.15) is 27.2 Å². The van der Waals surface area contributed by atoms with E-state index >= 15 is 0 Å². The number of rotatable bonds is 1. The number of halogens is 1. The van der Waals surface area contributed by atoms with Gasteiger partial charge in [-0.25, -0.2) is 0 Å². The Balaban J connectivity index is 2.85. The first kappa shape index (κ1) is 10.0. The highest BCUT2D eigenvalue weighted by Gasteiger charge is 2.49. The molecule has 1 rings (SSSR count). The molecule has 0 amide bonds. The van der Waals surface area contributed by atoms with E-state index in [1.807, 2.05) is 6.92 Å². The van der Waals surface area contributed by atoms with E-state index in [1.165, 1.54) is 0 Å². The van der Waals surface area contributed by atoms with E-state index in [4.69, 9.17) is 10.00 Å². The SMILES string of the molecule is CC[C@H]1O[C@H](Br)[C@](C)(C#N)[C@@H]1C. The Labute approximate surface area is 82.0 Å². The van der Waals surface area contributed by atoms with Gasteiger partial charge in [-0.05, 0) is 13.3 Å². The van der Waals surface area contributed by atoms with Crippen molar-refractivity contribution in [1.29, 1.82) is 5.26 Å². The molecule has 0 bridgehead atoms. The highest BCUT2D eigenvalue weighted by atomic mass is 79.9. The third-order valence-corrected chi connectivity index (χ3v) is 4.08. The first-order valence-electron chi connectivity index (χ1n) is 4.27. The highest BCUT2D eigenvalue weighted by Crippen LogP contribution is 2.46. The van der Waals surface area contributed by atoms with Gasteiger partial charge in [0.25, 0.3) is 0 Å². The second-order valence-corrected chi connectivity index (χ2v) is 4.41. The van der Waals surface area contributed by atoms with Gasteiger partial charge in [-0.2, -0.15) is 5.26 Å². The van der Waals surface area contributed by atoms with Crippen molar-refractivity contribution in [2.75, 3.05) is 0 Å². The lowest BCUT2D eigenvalue weighted by Gasteiger charge is -2.22. The largest absolute Gasteiger partial charge is 0.362 e. The van der Waals surface area contributed by atoms with Crippen LogP contribution in [0.3, 0.4) is 0 Å². The Hall–Kier alpha value is -0.0700. The molecule has 1 fully saturated rings. The van der Waals surface area contributed by atoms with Gasteiger partial charge in [0.1, 0.15) is 5.01 Å². The van der Waals surface area contributed by atoms with Gasteiger partial charge in [-0.1, -0.05) is 29.8 Å².